The van der Waals surface area contributed by atoms with Crippen molar-refractivity contribution in [1.82, 2.24) is 25.0 Å². The molecule has 1 N–H and O–H groups in total. The average Bonchev–Trinajstić information content (AvgIpc) is 2.95. The Morgan fingerprint density at radius 1 is 1.48 bits per heavy atom. The third-order valence-corrected chi connectivity index (χ3v) is 3.42. The Balaban J connectivity index is 2.35. The first-order valence-electron chi connectivity index (χ1n) is 7.62. The number of guanidine groups is 1. The summed E-state index contributed by atoms with van der Waals surface area (Å²) in [5, 5.41) is 11.4. The molecule has 0 fully saturated rings. The van der Waals surface area contributed by atoms with Gasteiger partial charge in [0.25, 0.3) is 0 Å². The maximum Gasteiger partial charge on any atom is 0.193 e. The van der Waals surface area contributed by atoms with Crippen LogP contribution in [-0.2, 0) is 13.1 Å². The van der Waals surface area contributed by atoms with Crippen molar-refractivity contribution in [3.05, 3.63) is 24.8 Å². The Bertz CT molecular complexity index is 437. The summed E-state index contributed by atoms with van der Waals surface area (Å²) in [5.41, 5.74) is 0. The normalized spacial score (nSPS) is 11.5. The van der Waals surface area contributed by atoms with Crippen LogP contribution in [0.1, 0.15) is 38.4 Å². The standard InChI is InChI=1S/C15H28N6/c1-5-7-8-9-10-11-20(4)15(16-3)17-12-14-19-18-13-21(14)6-2/h5,13H,1,6-12H2,2-4H3,(H,16,17). The molecule has 6 heteroatoms. The zero-order chi connectivity index (χ0) is 15.5. The van der Waals surface area contributed by atoms with Crippen LogP contribution in [0.2, 0.25) is 0 Å². The fourth-order valence-electron chi connectivity index (χ4n) is 2.14. The molecule has 0 atom stereocenters. The van der Waals surface area contributed by atoms with E-state index >= 15 is 0 Å². The molecule has 1 rings (SSSR count). The fourth-order valence-corrected chi connectivity index (χ4v) is 2.14. The lowest BCUT2D eigenvalue weighted by Gasteiger charge is -2.21. The summed E-state index contributed by atoms with van der Waals surface area (Å²) in [4.78, 5) is 6.47. The van der Waals surface area contributed by atoms with Crippen molar-refractivity contribution in [2.75, 3.05) is 20.6 Å². The van der Waals surface area contributed by atoms with Crippen molar-refractivity contribution in [3.63, 3.8) is 0 Å². The van der Waals surface area contributed by atoms with Crippen molar-refractivity contribution in [3.8, 4) is 0 Å². The van der Waals surface area contributed by atoms with E-state index in [1.165, 1.54) is 12.8 Å². The number of unbranched alkanes of at least 4 members (excludes halogenated alkanes) is 3. The van der Waals surface area contributed by atoms with Crippen LogP contribution >= 0.6 is 0 Å². The molecular weight excluding hydrogens is 264 g/mol. The van der Waals surface area contributed by atoms with Gasteiger partial charge >= 0.3 is 0 Å². The predicted octanol–water partition coefficient (Wildman–Crippen LogP) is 2.05. The fraction of sp³-hybridized carbons (Fsp3) is 0.667. The molecule has 1 aromatic rings. The van der Waals surface area contributed by atoms with Crippen LogP contribution in [0.15, 0.2) is 24.0 Å². The second kappa shape index (κ2) is 9.96. The number of hydrogen-bond donors (Lipinski definition) is 1. The van der Waals surface area contributed by atoms with Crippen molar-refractivity contribution in [2.45, 2.75) is 45.7 Å². The molecule has 0 aliphatic carbocycles. The van der Waals surface area contributed by atoms with Crippen molar-refractivity contribution in [2.24, 2.45) is 4.99 Å². The van der Waals surface area contributed by atoms with Gasteiger partial charge in [0.05, 0.1) is 6.54 Å². The van der Waals surface area contributed by atoms with E-state index in [4.69, 9.17) is 0 Å². The number of nitrogens with one attached hydrogen (secondary N) is 1. The van der Waals surface area contributed by atoms with Crippen molar-refractivity contribution >= 4 is 5.96 Å². The maximum atomic E-state index is 4.32. The molecule has 0 saturated carbocycles. The number of allylic oxidation sites excluding steroid dienone is 1. The Morgan fingerprint density at radius 3 is 2.95 bits per heavy atom. The van der Waals surface area contributed by atoms with Gasteiger partial charge in [-0.25, -0.2) is 0 Å². The Kier molecular flexibility index (Phi) is 8.16. The molecule has 0 aromatic carbocycles. The Morgan fingerprint density at radius 2 is 2.29 bits per heavy atom. The van der Waals surface area contributed by atoms with Gasteiger partial charge in [-0.1, -0.05) is 12.5 Å². The molecule has 1 aromatic heterocycles. The molecule has 0 bridgehead atoms. The molecular formula is C15H28N6. The number of aromatic nitrogens is 3. The topological polar surface area (TPSA) is 58.3 Å². The predicted molar refractivity (Wildman–Crippen MR) is 87.2 cm³/mol. The zero-order valence-electron chi connectivity index (χ0n) is 13.5. The minimum atomic E-state index is 0.640. The lowest BCUT2D eigenvalue weighted by atomic mass is 10.2. The van der Waals surface area contributed by atoms with Gasteiger partial charge < -0.3 is 14.8 Å². The molecule has 6 nitrogen and oxygen atoms in total. The van der Waals surface area contributed by atoms with E-state index in [0.717, 1.165) is 37.7 Å². The minimum Gasteiger partial charge on any atom is -0.349 e. The Hall–Kier alpha value is -1.85. The molecule has 0 radical (unpaired) electrons. The van der Waals surface area contributed by atoms with E-state index in [2.05, 4.69) is 46.0 Å². The van der Waals surface area contributed by atoms with E-state index < -0.39 is 0 Å². The van der Waals surface area contributed by atoms with Crippen LogP contribution in [0.5, 0.6) is 0 Å². The largest absolute Gasteiger partial charge is 0.349 e. The summed E-state index contributed by atoms with van der Waals surface area (Å²) >= 11 is 0. The summed E-state index contributed by atoms with van der Waals surface area (Å²) in [5.74, 6) is 1.82. The number of nitrogens with zero attached hydrogens (tertiary/aromatic N) is 5. The number of rotatable bonds is 9. The smallest absolute Gasteiger partial charge is 0.193 e. The van der Waals surface area contributed by atoms with Crippen LogP contribution < -0.4 is 5.32 Å². The third-order valence-electron chi connectivity index (χ3n) is 3.42. The summed E-state index contributed by atoms with van der Waals surface area (Å²) in [6.45, 7) is 8.34. The van der Waals surface area contributed by atoms with Gasteiger partial charge in [-0.15, -0.1) is 16.8 Å². The minimum absolute atomic E-state index is 0.640. The summed E-state index contributed by atoms with van der Waals surface area (Å²) in [7, 11) is 3.87. The first-order chi connectivity index (χ1) is 10.2. The van der Waals surface area contributed by atoms with Gasteiger partial charge in [0.2, 0.25) is 0 Å². The molecule has 0 amide bonds. The van der Waals surface area contributed by atoms with Gasteiger partial charge in [0.15, 0.2) is 11.8 Å². The second-order valence-corrected chi connectivity index (χ2v) is 4.99. The Labute approximate surface area is 128 Å². The quantitative estimate of drug-likeness (QED) is 0.327. The van der Waals surface area contributed by atoms with Crippen molar-refractivity contribution in [1.29, 1.82) is 0 Å². The van der Waals surface area contributed by atoms with Gasteiger partial charge in [-0.05, 0) is 26.2 Å². The third kappa shape index (κ3) is 5.97. The molecule has 0 unspecified atom stereocenters. The lowest BCUT2D eigenvalue weighted by Crippen LogP contribution is -2.39. The number of aliphatic imine (C=N–C) groups is 1. The van der Waals surface area contributed by atoms with E-state index in [9.17, 15) is 0 Å². The second-order valence-electron chi connectivity index (χ2n) is 4.99. The molecule has 21 heavy (non-hydrogen) atoms. The monoisotopic (exact) mass is 292 g/mol. The molecule has 0 aliphatic heterocycles. The van der Waals surface area contributed by atoms with Crippen LogP contribution in [0.25, 0.3) is 0 Å². The SMILES string of the molecule is C=CCCCCCN(C)C(=NC)NCc1nncn1CC. The van der Waals surface area contributed by atoms with E-state index in [-0.39, 0.29) is 0 Å². The average molecular weight is 292 g/mol. The van der Waals surface area contributed by atoms with E-state index in [1.54, 1.807) is 13.4 Å². The summed E-state index contributed by atoms with van der Waals surface area (Å²) in [6.07, 6.45) is 8.43. The molecule has 0 aliphatic rings. The van der Waals surface area contributed by atoms with Gasteiger partial charge in [-0.3, -0.25) is 4.99 Å². The number of hydrogen-bond acceptors (Lipinski definition) is 3. The summed E-state index contributed by atoms with van der Waals surface area (Å²) < 4.78 is 2.02. The first-order valence-corrected chi connectivity index (χ1v) is 7.62. The zero-order valence-corrected chi connectivity index (χ0v) is 13.5. The molecule has 0 spiro atoms. The van der Waals surface area contributed by atoms with E-state index in [1.807, 2.05) is 10.6 Å². The van der Waals surface area contributed by atoms with Gasteiger partial charge in [-0.2, -0.15) is 0 Å². The highest BCUT2D eigenvalue weighted by molar-refractivity contribution is 5.79. The molecule has 118 valence electrons. The van der Waals surface area contributed by atoms with Crippen LogP contribution in [0, 0.1) is 0 Å². The highest BCUT2D eigenvalue weighted by atomic mass is 15.3. The van der Waals surface area contributed by atoms with Crippen LogP contribution in [0.3, 0.4) is 0 Å². The number of aryl methyl sites for hydroxylation is 1. The lowest BCUT2D eigenvalue weighted by molar-refractivity contribution is 0.453. The summed E-state index contributed by atoms with van der Waals surface area (Å²) in [6, 6.07) is 0. The highest BCUT2D eigenvalue weighted by Gasteiger charge is 2.07. The van der Waals surface area contributed by atoms with Crippen molar-refractivity contribution < 1.29 is 0 Å². The van der Waals surface area contributed by atoms with E-state index in [0.29, 0.717) is 6.54 Å². The van der Waals surface area contributed by atoms with Crippen LogP contribution in [-0.4, -0.2) is 46.3 Å². The highest BCUT2D eigenvalue weighted by Crippen LogP contribution is 2.02. The maximum absolute atomic E-state index is 4.32. The van der Waals surface area contributed by atoms with Gasteiger partial charge in [0.1, 0.15) is 6.33 Å². The van der Waals surface area contributed by atoms with Gasteiger partial charge in [0, 0.05) is 27.2 Å². The molecule has 0 saturated heterocycles. The first kappa shape index (κ1) is 17.2. The van der Waals surface area contributed by atoms with Crippen LogP contribution in [0.4, 0.5) is 0 Å². The molecule has 1 heterocycles.